The van der Waals surface area contributed by atoms with E-state index in [9.17, 15) is 4.79 Å². The van der Waals surface area contributed by atoms with Crippen molar-refractivity contribution in [3.8, 4) is 0 Å². The molecule has 0 saturated carbocycles. The van der Waals surface area contributed by atoms with E-state index in [4.69, 9.17) is 26.6 Å². The van der Waals surface area contributed by atoms with Crippen LogP contribution in [0.25, 0.3) is 0 Å². The molecular weight excluding hydrogens is 330 g/mol. The number of carboxylic acid groups (broad SMARTS) is 2. The molecule has 0 radical (unpaired) electrons. The second-order valence-corrected chi connectivity index (χ2v) is 2.25. The first kappa shape index (κ1) is 20.5. The van der Waals surface area contributed by atoms with E-state index in [1.807, 2.05) is 13.8 Å². The average Bonchev–Trinajstić information content (AvgIpc) is 2.05. The third kappa shape index (κ3) is 15.5. The van der Waals surface area contributed by atoms with E-state index in [1.54, 1.807) is 4.90 Å². The molecule has 5 nitrogen and oxygen atoms in total. The molecule has 0 heterocycles. The number of carbonyl (C=O) groups excluding carboxylic acids is 1. The number of halogens is 1. The number of nitrogens with zero attached hydrogens (tertiary/aromatic N) is 1. The Morgan fingerprint density at radius 1 is 1.21 bits per heavy atom. The molecule has 0 bridgehead atoms. The summed E-state index contributed by atoms with van der Waals surface area (Å²) in [7, 11) is 0. The van der Waals surface area contributed by atoms with Crippen molar-refractivity contribution in [1.82, 2.24) is 4.90 Å². The fraction of sp³-hybridized carbons (Fsp3) is 0.714. The summed E-state index contributed by atoms with van der Waals surface area (Å²) >= 11 is 5.31. The molecule has 0 atom stereocenters. The van der Waals surface area contributed by atoms with Gasteiger partial charge in [0.25, 0.3) is 0 Å². The summed E-state index contributed by atoms with van der Waals surface area (Å²) in [6.45, 7) is 5.38. The molecule has 0 aliphatic carbocycles. The zero-order valence-electron chi connectivity index (χ0n) is 7.66. The predicted octanol–water partition coefficient (Wildman–Crippen LogP) is 0.667. The van der Waals surface area contributed by atoms with Gasteiger partial charge in [0.2, 0.25) is 5.91 Å². The van der Waals surface area contributed by atoms with E-state index in [0.29, 0.717) is 0 Å². The van der Waals surface area contributed by atoms with Gasteiger partial charge in [0.1, 0.15) is 5.88 Å². The topological polar surface area (TPSA) is 77.8 Å². The van der Waals surface area contributed by atoms with Gasteiger partial charge in [-0.1, -0.05) is 0 Å². The number of hydrogen-bond donors (Lipinski definition) is 2. The van der Waals surface area contributed by atoms with Gasteiger partial charge in [-0.15, -0.1) is 11.6 Å². The summed E-state index contributed by atoms with van der Waals surface area (Å²) in [4.78, 5) is 21.0. The van der Waals surface area contributed by atoms with Crippen LogP contribution >= 0.6 is 11.6 Å². The van der Waals surface area contributed by atoms with E-state index in [1.165, 1.54) is 0 Å². The van der Waals surface area contributed by atoms with Crippen LogP contribution in [0.2, 0.25) is 0 Å². The van der Waals surface area contributed by atoms with Gasteiger partial charge < -0.3 is 15.1 Å². The van der Waals surface area contributed by atoms with Gasteiger partial charge >= 0.3 is 75.0 Å². The summed E-state index contributed by atoms with van der Waals surface area (Å²) < 4.78 is 0. The minimum absolute atomic E-state index is 0. The molecule has 0 aromatic rings. The Bertz CT molecular complexity index is 160. The monoisotopic (exact) mass is 345 g/mol. The number of hydrogen-bond acceptors (Lipinski definition) is 2. The van der Waals surface area contributed by atoms with Crippen molar-refractivity contribution in [2.75, 3.05) is 19.0 Å². The van der Waals surface area contributed by atoms with Crippen molar-refractivity contribution in [2.24, 2.45) is 0 Å². The summed E-state index contributed by atoms with van der Waals surface area (Å²) in [6, 6.07) is 0. The van der Waals surface area contributed by atoms with Crippen molar-refractivity contribution in [2.45, 2.75) is 13.8 Å². The summed E-state index contributed by atoms with van der Waals surface area (Å²) in [5, 5.41) is 13.9. The zero-order valence-corrected chi connectivity index (χ0v) is 8.41. The Labute approximate surface area is 147 Å². The molecule has 0 saturated heterocycles. The average molecular weight is 346 g/mol. The van der Waals surface area contributed by atoms with Crippen LogP contribution < -0.4 is 0 Å². The van der Waals surface area contributed by atoms with Crippen LogP contribution in [-0.4, -0.2) is 115 Å². The maximum atomic E-state index is 10.8. The molecule has 0 aromatic heterocycles. The second-order valence-electron chi connectivity index (χ2n) is 1.98. The molecule has 2 N–H and O–H groups in total. The van der Waals surface area contributed by atoms with E-state index in [0.717, 1.165) is 13.1 Å². The van der Waals surface area contributed by atoms with Crippen LogP contribution in [0.5, 0.6) is 0 Å². The second kappa shape index (κ2) is 14.1. The van der Waals surface area contributed by atoms with Gasteiger partial charge in [-0.05, 0) is 13.8 Å². The van der Waals surface area contributed by atoms with Crippen LogP contribution in [0.4, 0.5) is 4.79 Å². The van der Waals surface area contributed by atoms with Crippen LogP contribution in [0, 0.1) is 0 Å². The number of carbonyl (C=O) groups is 2. The molecule has 0 spiro atoms. The molecule has 0 aliphatic heterocycles. The van der Waals surface area contributed by atoms with E-state index in [-0.39, 0.29) is 80.7 Å². The van der Waals surface area contributed by atoms with Crippen LogP contribution in [-0.2, 0) is 4.79 Å². The first-order valence-corrected chi connectivity index (χ1v) is 4.28. The van der Waals surface area contributed by atoms with E-state index in [2.05, 4.69) is 0 Å². The molecule has 0 aliphatic rings. The van der Waals surface area contributed by atoms with Crippen LogP contribution in [0.15, 0.2) is 0 Å². The molecule has 0 aromatic carbocycles. The van der Waals surface area contributed by atoms with Crippen molar-refractivity contribution >= 4 is 92.6 Å². The number of alkyl halides is 1. The van der Waals surface area contributed by atoms with E-state index < -0.39 is 6.16 Å². The van der Waals surface area contributed by atoms with Crippen molar-refractivity contribution < 1.29 is 19.8 Å². The van der Waals surface area contributed by atoms with Gasteiger partial charge in [-0.2, -0.15) is 0 Å². The molecule has 80 valence electrons. The third-order valence-electron chi connectivity index (χ3n) is 1.23. The Morgan fingerprint density at radius 3 is 1.57 bits per heavy atom. The fourth-order valence-electron chi connectivity index (χ4n) is 0.661. The standard InChI is InChI=1S/C6H12ClNO.CH2O3.Cs.H/c1-3-8(4-2)6(9)5-7;2-1(3)4;;/h3-5H2,1-2H3;(H2,2,3,4);;. The summed E-state index contributed by atoms with van der Waals surface area (Å²) in [5.74, 6) is 0.114. The van der Waals surface area contributed by atoms with Gasteiger partial charge in [-0.3, -0.25) is 4.79 Å². The number of amides is 1. The predicted molar refractivity (Wildman–Crippen MR) is 56.5 cm³/mol. The normalized spacial score (nSPS) is 7.64. The molecule has 0 unspecified atom stereocenters. The summed E-state index contributed by atoms with van der Waals surface area (Å²) in [5.41, 5.74) is 0. The van der Waals surface area contributed by atoms with Gasteiger partial charge in [0.05, 0.1) is 0 Å². The number of rotatable bonds is 3. The Hall–Kier alpha value is 1.08. The Balaban J connectivity index is -0.000000209. The SMILES string of the molecule is CCN(CC)C(=O)CCl.O=C(O)O.[CsH]. The van der Waals surface area contributed by atoms with Gasteiger partial charge in [-0.25, -0.2) is 4.79 Å². The van der Waals surface area contributed by atoms with Crippen molar-refractivity contribution in [1.29, 1.82) is 0 Å². The van der Waals surface area contributed by atoms with Crippen molar-refractivity contribution in [3.05, 3.63) is 0 Å². The third-order valence-corrected chi connectivity index (χ3v) is 1.46. The van der Waals surface area contributed by atoms with E-state index >= 15 is 0 Å². The van der Waals surface area contributed by atoms with Crippen molar-refractivity contribution in [3.63, 3.8) is 0 Å². The first-order chi connectivity index (χ1) is 5.99. The van der Waals surface area contributed by atoms with Gasteiger partial charge in [0, 0.05) is 13.1 Å². The summed E-state index contributed by atoms with van der Waals surface area (Å²) in [6.07, 6.45) is -1.83. The Morgan fingerprint density at radius 2 is 1.50 bits per heavy atom. The first-order valence-electron chi connectivity index (χ1n) is 3.75. The quantitative estimate of drug-likeness (QED) is 0.737. The zero-order chi connectivity index (χ0) is 10.9. The molecule has 0 fully saturated rings. The molecule has 0 rings (SSSR count). The minimum atomic E-state index is -1.83. The van der Waals surface area contributed by atoms with Crippen LogP contribution in [0.3, 0.4) is 0 Å². The Kier molecular flexibility index (Phi) is 20.6. The molecule has 7 heteroatoms. The maximum absolute atomic E-state index is 10.8. The van der Waals surface area contributed by atoms with Gasteiger partial charge in [0.15, 0.2) is 0 Å². The molecular formula is C7H15ClCsNO4. The van der Waals surface area contributed by atoms with Crippen LogP contribution in [0.1, 0.15) is 13.8 Å². The molecule has 14 heavy (non-hydrogen) atoms. The fourth-order valence-corrected chi connectivity index (χ4v) is 0.830. The molecule has 1 amide bonds.